The van der Waals surface area contributed by atoms with Crippen molar-refractivity contribution in [3.63, 3.8) is 0 Å². The smallest absolute Gasteiger partial charge is 0.408 e. The highest BCUT2D eigenvalue weighted by atomic mass is 16.6. The summed E-state index contributed by atoms with van der Waals surface area (Å²) in [5.41, 5.74) is -0.588. The molecule has 2 unspecified atom stereocenters. The summed E-state index contributed by atoms with van der Waals surface area (Å²) in [5, 5.41) is 13.9. The maximum absolute atomic E-state index is 11.4. The Hall–Kier alpha value is -1.30. The van der Waals surface area contributed by atoms with Crippen LogP contribution in [-0.4, -0.2) is 41.4 Å². The van der Waals surface area contributed by atoms with E-state index in [1.54, 1.807) is 20.8 Å². The van der Waals surface area contributed by atoms with Gasteiger partial charge in [-0.05, 0) is 27.2 Å². The van der Waals surface area contributed by atoms with Gasteiger partial charge in [0, 0.05) is 0 Å². The van der Waals surface area contributed by atoms with E-state index in [-0.39, 0.29) is 18.6 Å². The predicted octanol–water partition coefficient (Wildman–Crippen LogP) is -0.240. The van der Waals surface area contributed by atoms with Crippen LogP contribution >= 0.6 is 0 Å². The van der Waals surface area contributed by atoms with E-state index in [0.29, 0.717) is 6.42 Å². The maximum Gasteiger partial charge on any atom is 0.408 e. The van der Waals surface area contributed by atoms with Gasteiger partial charge in [0.25, 0.3) is 0 Å². The fourth-order valence-corrected chi connectivity index (χ4v) is 1.45. The van der Waals surface area contributed by atoms with E-state index in [2.05, 4.69) is 10.6 Å². The molecule has 0 aromatic carbocycles. The minimum Gasteiger partial charge on any atom is -0.444 e. The molecule has 1 saturated heterocycles. The van der Waals surface area contributed by atoms with E-state index in [9.17, 15) is 9.59 Å². The van der Waals surface area contributed by atoms with Gasteiger partial charge in [0.2, 0.25) is 5.91 Å². The molecule has 1 aliphatic rings. The zero-order valence-corrected chi connectivity index (χ0v) is 9.74. The highest BCUT2D eigenvalue weighted by molar-refractivity contribution is 5.87. The van der Waals surface area contributed by atoms with Crippen molar-refractivity contribution in [3.05, 3.63) is 0 Å². The third kappa shape index (κ3) is 3.69. The Bertz CT molecular complexity index is 285. The van der Waals surface area contributed by atoms with Crippen molar-refractivity contribution in [3.8, 4) is 0 Å². The second-order valence-corrected chi connectivity index (χ2v) is 4.82. The Morgan fingerprint density at radius 3 is 2.69 bits per heavy atom. The molecular formula is C10H18N2O4. The molecule has 3 N–H and O–H groups in total. The van der Waals surface area contributed by atoms with Gasteiger partial charge in [-0.1, -0.05) is 0 Å². The van der Waals surface area contributed by atoms with E-state index in [1.807, 2.05) is 0 Å². The molecule has 92 valence electrons. The van der Waals surface area contributed by atoms with Gasteiger partial charge in [-0.15, -0.1) is 0 Å². The second kappa shape index (κ2) is 4.69. The van der Waals surface area contributed by atoms with Gasteiger partial charge in [-0.2, -0.15) is 0 Å². The lowest BCUT2D eigenvalue weighted by Gasteiger charge is -2.20. The van der Waals surface area contributed by atoms with Crippen LogP contribution in [0.3, 0.4) is 0 Å². The molecule has 1 heterocycles. The number of aliphatic hydroxyl groups excluding tert-OH is 1. The van der Waals surface area contributed by atoms with Crippen molar-refractivity contribution in [2.24, 2.45) is 0 Å². The van der Waals surface area contributed by atoms with E-state index >= 15 is 0 Å². The molecule has 0 aliphatic carbocycles. The van der Waals surface area contributed by atoms with Gasteiger partial charge >= 0.3 is 6.09 Å². The monoisotopic (exact) mass is 230 g/mol. The number of aliphatic hydroxyl groups is 1. The van der Waals surface area contributed by atoms with Crippen molar-refractivity contribution in [1.82, 2.24) is 10.6 Å². The third-order valence-corrected chi connectivity index (χ3v) is 2.09. The van der Waals surface area contributed by atoms with Crippen molar-refractivity contribution in [2.75, 3.05) is 6.61 Å². The van der Waals surface area contributed by atoms with Crippen molar-refractivity contribution >= 4 is 12.0 Å². The summed E-state index contributed by atoms with van der Waals surface area (Å²) in [6.07, 6.45) is -0.236. The molecule has 6 heteroatoms. The summed E-state index contributed by atoms with van der Waals surface area (Å²) in [6, 6.07) is -0.903. The summed E-state index contributed by atoms with van der Waals surface area (Å²) in [6.45, 7) is 5.12. The quantitative estimate of drug-likeness (QED) is 0.611. The molecule has 0 saturated carbocycles. The van der Waals surface area contributed by atoms with Crippen LogP contribution in [0, 0.1) is 0 Å². The van der Waals surface area contributed by atoms with Gasteiger partial charge in [0.15, 0.2) is 0 Å². The van der Waals surface area contributed by atoms with Gasteiger partial charge in [0.1, 0.15) is 11.6 Å². The minimum absolute atomic E-state index is 0.127. The topological polar surface area (TPSA) is 87.7 Å². The summed E-state index contributed by atoms with van der Waals surface area (Å²) in [5.74, 6) is -0.287. The second-order valence-electron chi connectivity index (χ2n) is 4.82. The number of amides is 2. The highest BCUT2D eigenvalue weighted by Gasteiger charge is 2.33. The summed E-state index contributed by atoms with van der Waals surface area (Å²) < 4.78 is 5.02. The summed E-state index contributed by atoms with van der Waals surface area (Å²) in [4.78, 5) is 22.7. The maximum atomic E-state index is 11.4. The van der Waals surface area contributed by atoms with Crippen LogP contribution in [0.2, 0.25) is 0 Å². The minimum atomic E-state index is -0.619. The first-order valence-corrected chi connectivity index (χ1v) is 5.22. The zero-order valence-electron chi connectivity index (χ0n) is 9.74. The van der Waals surface area contributed by atoms with E-state index in [0.717, 1.165) is 0 Å². The number of ether oxygens (including phenoxy) is 1. The predicted molar refractivity (Wildman–Crippen MR) is 56.8 cm³/mol. The fourth-order valence-electron chi connectivity index (χ4n) is 1.45. The van der Waals surface area contributed by atoms with Gasteiger partial charge in [-0.25, -0.2) is 4.79 Å². The fraction of sp³-hybridized carbons (Fsp3) is 0.800. The molecule has 16 heavy (non-hydrogen) atoms. The first-order chi connectivity index (χ1) is 7.31. The van der Waals surface area contributed by atoms with Crippen LogP contribution in [0.5, 0.6) is 0 Å². The van der Waals surface area contributed by atoms with Crippen LogP contribution in [0.15, 0.2) is 0 Å². The molecule has 1 rings (SSSR count). The Kier molecular flexibility index (Phi) is 3.74. The molecule has 2 atom stereocenters. The lowest BCUT2D eigenvalue weighted by molar-refractivity contribution is -0.121. The highest BCUT2D eigenvalue weighted by Crippen LogP contribution is 2.10. The lowest BCUT2D eigenvalue weighted by atomic mass is 10.2. The number of alkyl carbamates (subject to hydrolysis) is 1. The van der Waals surface area contributed by atoms with E-state index in [1.165, 1.54) is 0 Å². The molecular weight excluding hydrogens is 212 g/mol. The standard InChI is InChI=1S/C10H18N2O4/c1-10(2,3)16-9(15)12-7-4-6(5-13)11-8(7)14/h6-7,13H,4-5H2,1-3H3,(H,11,14)(H,12,15). The third-order valence-electron chi connectivity index (χ3n) is 2.09. The number of rotatable bonds is 2. The SMILES string of the molecule is CC(C)(C)OC(=O)NC1CC(CO)NC1=O. The molecule has 1 fully saturated rings. The molecule has 0 radical (unpaired) electrons. The number of hydrogen-bond acceptors (Lipinski definition) is 4. The molecule has 0 spiro atoms. The summed E-state index contributed by atoms with van der Waals surface area (Å²) in [7, 11) is 0. The number of carbonyl (C=O) groups excluding carboxylic acids is 2. The number of carbonyl (C=O) groups is 2. The summed E-state index contributed by atoms with van der Waals surface area (Å²) >= 11 is 0. The largest absolute Gasteiger partial charge is 0.444 e. The molecule has 0 bridgehead atoms. The average molecular weight is 230 g/mol. The normalized spacial score (nSPS) is 25.1. The van der Waals surface area contributed by atoms with Crippen LogP contribution in [0.4, 0.5) is 4.79 Å². The molecule has 6 nitrogen and oxygen atoms in total. The molecule has 2 amide bonds. The zero-order chi connectivity index (χ0) is 12.3. The van der Waals surface area contributed by atoms with Crippen LogP contribution < -0.4 is 10.6 Å². The Morgan fingerprint density at radius 2 is 2.25 bits per heavy atom. The number of nitrogens with one attached hydrogen (secondary N) is 2. The first-order valence-electron chi connectivity index (χ1n) is 5.22. The van der Waals surface area contributed by atoms with Gasteiger partial charge < -0.3 is 20.5 Å². The van der Waals surface area contributed by atoms with E-state index in [4.69, 9.17) is 9.84 Å². The van der Waals surface area contributed by atoms with E-state index < -0.39 is 17.7 Å². The van der Waals surface area contributed by atoms with Crippen molar-refractivity contribution in [2.45, 2.75) is 44.9 Å². The molecule has 1 aliphatic heterocycles. The lowest BCUT2D eigenvalue weighted by Crippen LogP contribution is -2.42. The Labute approximate surface area is 94.3 Å². The Morgan fingerprint density at radius 1 is 1.62 bits per heavy atom. The van der Waals surface area contributed by atoms with Crippen LogP contribution in [0.1, 0.15) is 27.2 Å². The van der Waals surface area contributed by atoms with Crippen LogP contribution in [-0.2, 0) is 9.53 Å². The number of hydrogen-bond donors (Lipinski definition) is 3. The first kappa shape index (κ1) is 12.8. The molecule has 0 aromatic rings. The molecule has 0 aromatic heterocycles. The van der Waals surface area contributed by atoms with Gasteiger partial charge in [-0.3, -0.25) is 4.79 Å². The van der Waals surface area contributed by atoms with Crippen molar-refractivity contribution in [1.29, 1.82) is 0 Å². The van der Waals surface area contributed by atoms with Crippen LogP contribution in [0.25, 0.3) is 0 Å². The average Bonchev–Trinajstić information content (AvgIpc) is 2.44. The van der Waals surface area contributed by atoms with Crippen molar-refractivity contribution < 1.29 is 19.4 Å². The van der Waals surface area contributed by atoms with Gasteiger partial charge in [0.05, 0.1) is 12.6 Å². The Balaban J connectivity index is 2.43.